The highest BCUT2D eigenvalue weighted by Crippen LogP contribution is 2.33. The summed E-state index contributed by atoms with van der Waals surface area (Å²) >= 11 is 1.38. The number of ether oxygens (including phenoxy) is 1. The molecule has 0 aliphatic rings. The molecule has 1 aromatic carbocycles. The largest absolute Gasteiger partial charge is 0.461 e. The molecule has 3 nitrogen and oxygen atoms in total. The Morgan fingerprint density at radius 1 is 1.44 bits per heavy atom. The second-order valence-electron chi connectivity index (χ2n) is 3.48. The van der Waals surface area contributed by atoms with Crippen LogP contribution in [0.3, 0.4) is 0 Å². The van der Waals surface area contributed by atoms with Crippen molar-refractivity contribution < 1.29 is 9.53 Å². The summed E-state index contributed by atoms with van der Waals surface area (Å²) in [6, 6.07) is 7.71. The van der Waals surface area contributed by atoms with Gasteiger partial charge in [0.2, 0.25) is 0 Å². The summed E-state index contributed by atoms with van der Waals surface area (Å²) in [7, 11) is 0. The molecule has 2 rings (SSSR count). The molecule has 0 aliphatic carbocycles. The zero-order valence-corrected chi connectivity index (χ0v) is 9.84. The molecule has 0 saturated heterocycles. The van der Waals surface area contributed by atoms with Gasteiger partial charge in [0.05, 0.1) is 12.3 Å². The first-order valence-electron chi connectivity index (χ1n) is 5.18. The summed E-state index contributed by atoms with van der Waals surface area (Å²) < 4.78 is 6.10. The molecule has 0 radical (unpaired) electrons. The van der Waals surface area contributed by atoms with Gasteiger partial charge < -0.3 is 10.5 Å². The molecule has 2 aromatic rings. The average molecular weight is 235 g/mol. The van der Waals surface area contributed by atoms with Crippen LogP contribution in [0, 0.1) is 0 Å². The fraction of sp³-hybridized carbons (Fsp3) is 0.250. The van der Waals surface area contributed by atoms with Crippen molar-refractivity contribution in [1.82, 2.24) is 0 Å². The maximum atomic E-state index is 11.7. The van der Waals surface area contributed by atoms with Crippen molar-refractivity contribution in [2.75, 3.05) is 12.3 Å². The number of nitrogens with two attached hydrogens (primary N) is 1. The van der Waals surface area contributed by atoms with E-state index in [1.165, 1.54) is 11.3 Å². The summed E-state index contributed by atoms with van der Waals surface area (Å²) in [6.07, 6.45) is 0.816. The van der Waals surface area contributed by atoms with Crippen molar-refractivity contribution in [3.05, 3.63) is 29.1 Å². The van der Waals surface area contributed by atoms with Crippen LogP contribution in [0.5, 0.6) is 0 Å². The van der Waals surface area contributed by atoms with E-state index in [2.05, 4.69) is 0 Å². The highest BCUT2D eigenvalue weighted by molar-refractivity contribution is 7.21. The highest BCUT2D eigenvalue weighted by Gasteiger charge is 2.16. The molecule has 0 fully saturated rings. The van der Waals surface area contributed by atoms with Crippen LogP contribution in [0.4, 0.5) is 5.69 Å². The number of fused-ring (bicyclic) bond motifs is 1. The molecule has 16 heavy (non-hydrogen) atoms. The Hall–Kier alpha value is -1.55. The maximum absolute atomic E-state index is 11.7. The van der Waals surface area contributed by atoms with Gasteiger partial charge in [-0.25, -0.2) is 4.79 Å². The molecule has 0 unspecified atom stereocenters. The first-order chi connectivity index (χ1) is 7.74. The van der Waals surface area contributed by atoms with E-state index in [9.17, 15) is 4.79 Å². The Labute approximate surface area is 97.8 Å². The number of nitrogen functional groups attached to an aromatic ring is 1. The Kier molecular flexibility index (Phi) is 3.10. The quantitative estimate of drug-likeness (QED) is 0.832. The van der Waals surface area contributed by atoms with Gasteiger partial charge in [-0.2, -0.15) is 0 Å². The molecule has 84 valence electrons. The Bertz CT molecular complexity index is 519. The highest BCUT2D eigenvalue weighted by atomic mass is 32.1. The van der Waals surface area contributed by atoms with Crippen LogP contribution < -0.4 is 5.73 Å². The first kappa shape index (κ1) is 11.0. The molecule has 2 N–H and O–H groups in total. The summed E-state index contributed by atoms with van der Waals surface area (Å²) in [5.41, 5.74) is 6.45. The fourth-order valence-corrected chi connectivity index (χ4v) is 2.49. The van der Waals surface area contributed by atoms with Gasteiger partial charge in [0, 0.05) is 10.1 Å². The number of esters is 1. The Balaban J connectivity index is 2.37. The normalized spacial score (nSPS) is 10.6. The van der Waals surface area contributed by atoms with Gasteiger partial charge in [0.15, 0.2) is 0 Å². The number of thiophene rings is 1. The van der Waals surface area contributed by atoms with Crippen LogP contribution >= 0.6 is 11.3 Å². The molecule has 0 bridgehead atoms. The number of rotatable bonds is 3. The Morgan fingerprint density at radius 3 is 2.88 bits per heavy atom. The fourth-order valence-electron chi connectivity index (χ4n) is 1.48. The van der Waals surface area contributed by atoms with Crippen molar-refractivity contribution in [1.29, 1.82) is 0 Å². The van der Waals surface area contributed by atoms with Crippen molar-refractivity contribution >= 4 is 33.1 Å². The number of carbonyl (C=O) groups is 1. The summed E-state index contributed by atoms with van der Waals surface area (Å²) in [6.45, 7) is 2.40. The number of hydrogen-bond acceptors (Lipinski definition) is 4. The summed E-state index contributed by atoms with van der Waals surface area (Å²) in [5, 5.41) is 0.927. The SMILES string of the molecule is CCCOC(=O)c1sc2ccccc2c1N. The summed E-state index contributed by atoms with van der Waals surface area (Å²) in [4.78, 5) is 12.2. The zero-order valence-electron chi connectivity index (χ0n) is 9.03. The van der Waals surface area contributed by atoms with Crippen LogP contribution in [0.15, 0.2) is 24.3 Å². The number of anilines is 1. The van der Waals surface area contributed by atoms with E-state index in [0.717, 1.165) is 16.5 Å². The lowest BCUT2D eigenvalue weighted by molar-refractivity contribution is 0.0512. The lowest BCUT2D eigenvalue weighted by Gasteiger charge is -2.00. The smallest absolute Gasteiger partial charge is 0.350 e. The molecule has 0 spiro atoms. The van der Waals surface area contributed by atoms with Gasteiger partial charge in [0.1, 0.15) is 4.88 Å². The molecule has 4 heteroatoms. The molecular formula is C12H13NO2S. The average Bonchev–Trinajstić information content (AvgIpc) is 2.64. The van der Waals surface area contributed by atoms with Crippen molar-refractivity contribution in [2.24, 2.45) is 0 Å². The number of hydrogen-bond donors (Lipinski definition) is 1. The maximum Gasteiger partial charge on any atom is 0.350 e. The topological polar surface area (TPSA) is 52.3 Å². The van der Waals surface area contributed by atoms with Crippen molar-refractivity contribution in [3.8, 4) is 0 Å². The number of carbonyl (C=O) groups excluding carboxylic acids is 1. The van der Waals surface area contributed by atoms with Crippen LogP contribution in [-0.2, 0) is 4.74 Å². The molecular weight excluding hydrogens is 222 g/mol. The standard InChI is InChI=1S/C12H13NO2S/c1-2-7-15-12(14)11-10(13)8-5-3-4-6-9(8)16-11/h3-6H,2,7,13H2,1H3. The zero-order chi connectivity index (χ0) is 11.5. The van der Waals surface area contributed by atoms with Crippen LogP contribution in [0.2, 0.25) is 0 Å². The lowest BCUT2D eigenvalue weighted by atomic mass is 10.2. The third kappa shape index (κ3) is 1.88. The van der Waals surface area contributed by atoms with E-state index in [4.69, 9.17) is 10.5 Å². The molecule has 0 atom stereocenters. The minimum absolute atomic E-state index is 0.319. The molecule has 0 saturated carbocycles. The van der Waals surface area contributed by atoms with E-state index in [-0.39, 0.29) is 5.97 Å². The van der Waals surface area contributed by atoms with Gasteiger partial charge in [-0.05, 0) is 12.5 Å². The van der Waals surface area contributed by atoms with E-state index in [1.807, 2.05) is 31.2 Å². The summed E-state index contributed by atoms with van der Waals surface area (Å²) in [5.74, 6) is -0.319. The van der Waals surface area contributed by atoms with E-state index in [0.29, 0.717) is 17.2 Å². The monoisotopic (exact) mass is 235 g/mol. The predicted molar refractivity (Wildman–Crippen MR) is 66.8 cm³/mol. The third-order valence-corrected chi connectivity index (χ3v) is 3.42. The predicted octanol–water partition coefficient (Wildman–Crippen LogP) is 3.05. The van der Waals surface area contributed by atoms with E-state index < -0.39 is 0 Å². The molecule has 0 aliphatic heterocycles. The molecule has 1 aromatic heterocycles. The van der Waals surface area contributed by atoms with Crippen LogP contribution in [0.25, 0.3) is 10.1 Å². The van der Waals surface area contributed by atoms with Gasteiger partial charge >= 0.3 is 5.97 Å². The van der Waals surface area contributed by atoms with Crippen molar-refractivity contribution in [3.63, 3.8) is 0 Å². The lowest BCUT2D eigenvalue weighted by Crippen LogP contribution is -2.05. The minimum atomic E-state index is -0.319. The van der Waals surface area contributed by atoms with Gasteiger partial charge in [-0.1, -0.05) is 25.1 Å². The number of benzene rings is 1. The molecule has 1 heterocycles. The van der Waals surface area contributed by atoms with Gasteiger partial charge in [-0.3, -0.25) is 0 Å². The second kappa shape index (κ2) is 4.53. The van der Waals surface area contributed by atoms with Gasteiger partial charge in [-0.15, -0.1) is 11.3 Å². The molecule has 0 amide bonds. The van der Waals surface area contributed by atoms with Gasteiger partial charge in [0.25, 0.3) is 0 Å². The van der Waals surface area contributed by atoms with E-state index in [1.54, 1.807) is 0 Å². The first-order valence-corrected chi connectivity index (χ1v) is 5.99. The Morgan fingerprint density at radius 2 is 2.19 bits per heavy atom. The van der Waals surface area contributed by atoms with Crippen LogP contribution in [0.1, 0.15) is 23.0 Å². The third-order valence-electron chi connectivity index (χ3n) is 2.26. The van der Waals surface area contributed by atoms with E-state index >= 15 is 0 Å². The second-order valence-corrected chi connectivity index (χ2v) is 4.53. The minimum Gasteiger partial charge on any atom is -0.461 e. The van der Waals surface area contributed by atoms with Crippen LogP contribution in [-0.4, -0.2) is 12.6 Å². The van der Waals surface area contributed by atoms with Crippen molar-refractivity contribution in [2.45, 2.75) is 13.3 Å².